The number of fused-ring (bicyclic) bond motifs is 1. The van der Waals surface area contributed by atoms with Gasteiger partial charge < -0.3 is 20.0 Å². The number of amides is 4. The highest BCUT2D eigenvalue weighted by Crippen LogP contribution is 2.27. The fraction of sp³-hybridized carbons (Fsp3) is 0.353. The summed E-state index contributed by atoms with van der Waals surface area (Å²) in [6, 6.07) is 2.38. The molecule has 8 nitrogen and oxygen atoms in total. The van der Waals surface area contributed by atoms with Gasteiger partial charge in [-0.2, -0.15) is 0 Å². The molecule has 2 aromatic rings. The minimum Gasteiger partial charge on any atom is -0.458 e. The molecule has 2 heterocycles. The lowest BCUT2D eigenvalue weighted by Crippen LogP contribution is -2.27. The number of urea groups is 1. The molecule has 138 valence electrons. The molecule has 1 aromatic heterocycles. The fourth-order valence-corrected chi connectivity index (χ4v) is 2.71. The molecule has 1 aliphatic heterocycles. The van der Waals surface area contributed by atoms with Crippen LogP contribution in [0.2, 0.25) is 0 Å². The maximum absolute atomic E-state index is 14.3. The topological polar surface area (TPSA) is 104 Å². The van der Waals surface area contributed by atoms with Gasteiger partial charge in [0.1, 0.15) is 17.2 Å². The average Bonchev–Trinajstić information content (AvgIpc) is 3.12. The van der Waals surface area contributed by atoms with Gasteiger partial charge in [0.05, 0.1) is 5.56 Å². The second-order valence-electron chi connectivity index (χ2n) is 6.33. The van der Waals surface area contributed by atoms with Gasteiger partial charge in [-0.05, 0) is 39.2 Å². The van der Waals surface area contributed by atoms with E-state index in [-0.39, 0.29) is 16.9 Å². The summed E-state index contributed by atoms with van der Waals surface area (Å²) in [5, 5.41) is 7.65. The Labute approximate surface area is 148 Å². The van der Waals surface area contributed by atoms with Crippen LogP contribution in [0.25, 0.3) is 11.0 Å². The largest absolute Gasteiger partial charge is 0.458 e. The van der Waals surface area contributed by atoms with E-state index in [0.717, 1.165) is 19.0 Å². The molecule has 3 N–H and O–H groups in total. The molecule has 26 heavy (non-hydrogen) atoms. The third-order valence-corrected chi connectivity index (χ3v) is 4.00. The van der Waals surface area contributed by atoms with Crippen molar-refractivity contribution in [2.75, 3.05) is 27.2 Å². The molecule has 0 saturated carbocycles. The molecular weight excluding hydrogens is 343 g/mol. The second-order valence-corrected chi connectivity index (χ2v) is 6.33. The SMILES string of the molecule is CN(C)CCCNC(=O)c1cc2cc(C3NC(=O)NC3=O)oc2cc1F. The van der Waals surface area contributed by atoms with Crippen molar-refractivity contribution >= 4 is 28.8 Å². The molecule has 0 bridgehead atoms. The number of carbonyl (C=O) groups is 3. The Balaban J connectivity index is 1.78. The fourth-order valence-electron chi connectivity index (χ4n) is 2.71. The summed E-state index contributed by atoms with van der Waals surface area (Å²) in [5.41, 5.74) is 0.0882. The van der Waals surface area contributed by atoms with Crippen LogP contribution in [0.15, 0.2) is 22.6 Å². The third-order valence-electron chi connectivity index (χ3n) is 4.00. The van der Waals surface area contributed by atoms with E-state index in [9.17, 15) is 18.8 Å². The zero-order valence-electron chi connectivity index (χ0n) is 14.4. The zero-order valence-corrected chi connectivity index (χ0v) is 14.4. The Morgan fingerprint density at radius 3 is 2.73 bits per heavy atom. The van der Waals surface area contributed by atoms with E-state index in [4.69, 9.17) is 4.42 Å². The molecule has 1 aliphatic rings. The first-order valence-corrected chi connectivity index (χ1v) is 8.12. The van der Waals surface area contributed by atoms with Gasteiger partial charge in [0.25, 0.3) is 11.8 Å². The van der Waals surface area contributed by atoms with Gasteiger partial charge in [-0.15, -0.1) is 0 Å². The van der Waals surface area contributed by atoms with Crippen LogP contribution in [0.4, 0.5) is 9.18 Å². The summed E-state index contributed by atoms with van der Waals surface area (Å²) in [4.78, 5) is 37.1. The number of nitrogens with zero attached hydrogens (tertiary/aromatic N) is 1. The van der Waals surface area contributed by atoms with Crippen LogP contribution < -0.4 is 16.0 Å². The van der Waals surface area contributed by atoms with Crippen LogP contribution >= 0.6 is 0 Å². The highest BCUT2D eigenvalue weighted by atomic mass is 19.1. The van der Waals surface area contributed by atoms with Crippen molar-refractivity contribution < 1.29 is 23.2 Å². The summed E-state index contributed by atoms with van der Waals surface area (Å²) in [6.45, 7) is 1.24. The molecule has 9 heteroatoms. The minimum atomic E-state index is -0.971. The Kier molecular flexibility index (Phi) is 4.90. The number of benzene rings is 1. The van der Waals surface area contributed by atoms with E-state index in [1.165, 1.54) is 12.1 Å². The molecular formula is C17H19FN4O4. The van der Waals surface area contributed by atoms with Gasteiger partial charge in [-0.1, -0.05) is 0 Å². The maximum Gasteiger partial charge on any atom is 0.322 e. The predicted octanol–water partition coefficient (Wildman–Crippen LogP) is 1.13. The normalized spacial score (nSPS) is 16.8. The standard InChI is InChI=1S/C17H19FN4O4/c1-22(2)5-3-4-19-15(23)10-6-9-7-13(26-12(9)8-11(10)18)14-16(24)21-17(25)20-14/h6-8,14H,3-5H2,1-2H3,(H,19,23)(H2,20,21,24,25). The van der Waals surface area contributed by atoms with Crippen LogP contribution in [0, 0.1) is 5.82 Å². The zero-order chi connectivity index (χ0) is 18.8. The number of carbonyl (C=O) groups excluding carboxylic acids is 3. The maximum atomic E-state index is 14.3. The molecule has 0 spiro atoms. The van der Waals surface area contributed by atoms with Crippen LogP contribution in [0.5, 0.6) is 0 Å². The Bertz CT molecular complexity index is 877. The monoisotopic (exact) mass is 362 g/mol. The van der Waals surface area contributed by atoms with Gasteiger partial charge in [0, 0.05) is 18.0 Å². The lowest BCUT2D eigenvalue weighted by atomic mass is 10.1. The number of hydrogen-bond acceptors (Lipinski definition) is 5. The van der Waals surface area contributed by atoms with Crippen molar-refractivity contribution in [3.8, 4) is 0 Å². The molecule has 1 atom stereocenters. The van der Waals surface area contributed by atoms with Crippen LogP contribution in [0.3, 0.4) is 0 Å². The van der Waals surface area contributed by atoms with Gasteiger partial charge in [0.15, 0.2) is 6.04 Å². The second kappa shape index (κ2) is 7.12. The summed E-state index contributed by atoms with van der Waals surface area (Å²) < 4.78 is 19.7. The Morgan fingerprint density at radius 1 is 1.31 bits per heavy atom. The average molecular weight is 362 g/mol. The molecule has 1 saturated heterocycles. The number of furan rings is 1. The van der Waals surface area contributed by atoms with Gasteiger partial charge in [-0.25, -0.2) is 9.18 Å². The van der Waals surface area contributed by atoms with Crippen molar-refractivity contribution in [3.63, 3.8) is 0 Å². The number of nitrogens with one attached hydrogen (secondary N) is 3. The molecule has 4 amide bonds. The highest BCUT2D eigenvalue weighted by Gasteiger charge is 2.33. The van der Waals surface area contributed by atoms with E-state index < -0.39 is 29.7 Å². The van der Waals surface area contributed by atoms with E-state index in [1.807, 2.05) is 19.0 Å². The predicted molar refractivity (Wildman–Crippen MR) is 91.1 cm³/mol. The van der Waals surface area contributed by atoms with Crippen LogP contribution in [0.1, 0.15) is 28.6 Å². The van der Waals surface area contributed by atoms with Crippen molar-refractivity contribution in [2.45, 2.75) is 12.5 Å². The molecule has 1 unspecified atom stereocenters. The third kappa shape index (κ3) is 3.67. The lowest BCUT2D eigenvalue weighted by Gasteiger charge is -2.10. The summed E-state index contributed by atoms with van der Waals surface area (Å²) in [6.07, 6.45) is 0.745. The van der Waals surface area contributed by atoms with Gasteiger partial charge in [0.2, 0.25) is 0 Å². The molecule has 1 aromatic carbocycles. The lowest BCUT2D eigenvalue weighted by molar-refractivity contribution is -0.120. The van der Waals surface area contributed by atoms with Gasteiger partial charge in [-0.3, -0.25) is 14.9 Å². The quantitative estimate of drug-likeness (QED) is 0.528. The Morgan fingerprint density at radius 2 is 2.08 bits per heavy atom. The Hall–Kier alpha value is -2.94. The number of imide groups is 1. The van der Waals surface area contributed by atoms with E-state index in [2.05, 4.69) is 16.0 Å². The molecule has 0 radical (unpaired) electrons. The number of halogens is 1. The summed E-state index contributed by atoms with van der Waals surface area (Å²) >= 11 is 0. The molecule has 3 rings (SSSR count). The first-order chi connectivity index (χ1) is 12.3. The first kappa shape index (κ1) is 17.9. The smallest absolute Gasteiger partial charge is 0.322 e. The first-order valence-electron chi connectivity index (χ1n) is 8.12. The highest BCUT2D eigenvalue weighted by molar-refractivity contribution is 6.05. The van der Waals surface area contributed by atoms with Gasteiger partial charge >= 0.3 is 6.03 Å². The van der Waals surface area contributed by atoms with E-state index in [0.29, 0.717) is 11.9 Å². The van der Waals surface area contributed by atoms with Crippen LogP contribution in [-0.2, 0) is 4.79 Å². The summed E-state index contributed by atoms with van der Waals surface area (Å²) in [5.74, 6) is -1.61. The van der Waals surface area contributed by atoms with Crippen molar-refractivity contribution in [2.24, 2.45) is 0 Å². The summed E-state index contributed by atoms with van der Waals surface area (Å²) in [7, 11) is 3.86. The van der Waals surface area contributed by atoms with Crippen LogP contribution in [-0.4, -0.2) is 49.9 Å². The van der Waals surface area contributed by atoms with E-state index in [1.54, 1.807) is 0 Å². The van der Waals surface area contributed by atoms with Crippen molar-refractivity contribution in [1.29, 1.82) is 0 Å². The number of hydrogen-bond donors (Lipinski definition) is 3. The minimum absolute atomic E-state index is 0.102. The van der Waals surface area contributed by atoms with Crippen molar-refractivity contribution in [1.82, 2.24) is 20.9 Å². The van der Waals surface area contributed by atoms with E-state index >= 15 is 0 Å². The van der Waals surface area contributed by atoms with Crippen molar-refractivity contribution in [3.05, 3.63) is 35.3 Å². The molecule has 1 fully saturated rings. The number of rotatable bonds is 6. The molecule has 0 aliphatic carbocycles.